The van der Waals surface area contributed by atoms with Gasteiger partial charge >= 0.3 is 0 Å². The van der Waals surface area contributed by atoms with Crippen molar-refractivity contribution in [1.29, 1.82) is 0 Å². The predicted octanol–water partition coefficient (Wildman–Crippen LogP) is 3.15. The minimum Gasteiger partial charge on any atom is -0.494 e. The molecule has 1 aliphatic rings. The van der Waals surface area contributed by atoms with Crippen molar-refractivity contribution in [2.45, 2.75) is 26.8 Å². The van der Waals surface area contributed by atoms with Gasteiger partial charge in [0.2, 0.25) is 10.0 Å². The highest BCUT2D eigenvalue weighted by atomic mass is 127. The topological polar surface area (TPSA) is 83.0 Å². The Morgan fingerprint density at radius 1 is 1.10 bits per heavy atom. The second-order valence-corrected chi connectivity index (χ2v) is 8.94. The molecule has 3 rings (SSSR count). The van der Waals surface area contributed by atoms with Crippen LogP contribution in [0.3, 0.4) is 0 Å². The van der Waals surface area contributed by atoms with E-state index in [9.17, 15) is 8.42 Å². The Morgan fingerprint density at radius 3 is 2.61 bits per heavy atom. The van der Waals surface area contributed by atoms with Crippen molar-refractivity contribution in [3.05, 3.63) is 59.7 Å². The summed E-state index contributed by atoms with van der Waals surface area (Å²) in [7, 11) is -3.40. The fourth-order valence-corrected chi connectivity index (χ4v) is 4.87. The monoisotopic (exact) mass is 558 g/mol. The van der Waals surface area contributed by atoms with Crippen molar-refractivity contribution in [2.24, 2.45) is 4.99 Å². The van der Waals surface area contributed by atoms with Crippen LogP contribution in [0.25, 0.3) is 0 Å². The third-order valence-electron chi connectivity index (χ3n) is 4.86. The van der Waals surface area contributed by atoms with Crippen LogP contribution in [-0.2, 0) is 23.0 Å². The van der Waals surface area contributed by atoms with Crippen LogP contribution in [0.2, 0.25) is 0 Å². The Hall–Kier alpha value is -2.01. The quantitative estimate of drug-likeness (QED) is 0.281. The fraction of sp³-hybridized carbons (Fsp3) is 0.409. The first-order valence-electron chi connectivity index (χ1n) is 10.4. The molecular formula is C22H31IN4O3S. The first kappa shape index (κ1) is 25.3. The molecule has 0 radical (unpaired) electrons. The van der Waals surface area contributed by atoms with Gasteiger partial charge in [-0.05, 0) is 38.0 Å². The summed E-state index contributed by atoms with van der Waals surface area (Å²) in [6.07, 6.45) is 0.756. The number of nitrogens with one attached hydrogen (secondary N) is 2. The minimum absolute atomic E-state index is 0. The van der Waals surface area contributed by atoms with Crippen LogP contribution in [-0.4, -0.2) is 46.4 Å². The molecule has 2 N–H and O–H groups in total. The summed E-state index contributed by atoms with van der Waals surface area (Å²) in [5.41, 5.74) is 2.86. The van der Waals surface area contributed by atoms with Gasteiger partial charge in [-0.15, -0.1) is 24.0 Å². The number of fused-ring (bicyclic) bond motifs is 1. The van der Waals surface area contributed by atoms with Crippen LogP contribution in [0, 0.1) is 0 Å². The maximum absolute atomic E-state index is 12.8. The number of nitrogens with zero attached hydrogens (tertiary/aromatic N) is 2. The van der Waals surface area contributed by atoms with Crippen LogP contribution < -0.4 is 19.7 Å². The van der Waals surface area contributed by atoms with Crippen molar-refractivity contribution in [2.75, 3.05) is 36.3 Å². The third-order valence-corrected chi connectivity index (χ3v) is 6.63. The van der Waals surface area contributed by atoms with E-state index in [2.05, 4.69) is 15.6 Å². The highest BCUT2D eigenvalue weighted by molar-refractivity contribution is 14.0. The molecule has 9 heteroatoms. The number of ether oxygens (including phenoxy) is 1. The Bertz CT molecular complexity index is 982. The summed E-state index contributed by atoms with van der Waals surface area (Å²) in [5, 5.41) is 6.30. The van der Waals surface area contributed by atoms with E-state index in [1.807, 2.05) is 62.4 Å². The maximum Gasteiger partial charge on any atom is 0.236 e. The predicted molar refractivity (Wildman–Crippen MR) is 137 cm³/mol. The number of para-hydroxylation sites is 2. The van der Waals surface area contributed by atoms with Gasteiger partial charge in [-0.25, -0.2) is 13.4 Å². The molecule has 0 fully saturated rings. The number of anilines is 1. The molecule has 0 saturated carbocycles. The second-order valence-electron chi connectivity index (χ2n) is 6.93. The average Bonchev–Trinajstić information content (AvgIpc) is 3.18. The molecule has 31 heavy (non-hydrogen) atoms. The molecule has 0 amide bonds. The van der Waals surface area contributed by atoms with Crippen LogP contribution in [0.1, 0.15) is 25.0 Å². The van der Waals surface area contributed by atoms with Crippen LogP contribution >= 0.6 is 24.0 Å². The Kier molecular flexibility index (Phi) is 9.89. The van der Waals surface area contributed by atoms with Crippen molar-refractivity contribution in [3.8, 4) is 5.75 Å². The van der Waals surface area contributed by atoms with Crippen molar-refractivity contribution in [1.82, 2.24) is 10.6 Å². The highest BCUT2D eigenvalue weighted by Gasteiger charge is 2.28. The summed E-state index contributed by atoms with van der Waals surface area (Å²) in [5.74, 6) is 1.40. The second kappa shape index (κ2) is 12.1. The van der Waals surface area contributed by atoms with Gasteiger partial charge in [0.1, 0.15) is 5.75 Å². The summed E-state index contributed by atoms with van der Waals surface area (Å²) in [6.45, 7) is 6.43. The first-order chi connectivity index (χ1) is 14.5. The lowest BCUT2D eigenvalue weighted by Crippen LogP contribution is -2.42. The Morgan fingerprint density at radius 2 is 1.84 bits per heavy atom. The zero-order chi connectivity index (χ0) is 21.4. The minimum atomic E-state index is -3.40. The molecule has 2 aromatic carbocycles. The lowest BCUT2D eigenvalue weighted by atomic mass is 10.2. The van der Waals surface area contributed by atoms with E-state index < -0.39 is 10.0 Å². The smallest absolute Gasteiger partial charge is 0.236 e. The number of rotatable bonds is 9. The van der Waals surface area contributed by atoms with Crippen molar-refractivity contribution >= 4 is 45.6 Å². The molecule has 1 aliphatic heterocycles. The largest absolute Gasteiger partial charge is 0.494 e. The lowest BCUT2D eigenvalue weighted by Gasteiger charge is -2.20. The van der Waals surface area contributed by atoms with Crippen LogP contribution in [0.5, 0.6) is 5.75 Å². The standard InChI is InChI=1S/C22H30N4O3S.HI/c1-3-23-22(25-17-19-10-6-8-12-21(19)29-4-2)24-14-16-30(27,28)26-15-13-18-9-5-7-11-20(18)26;/h5-12H,3-4,13-17H2,1-2H3,(H2,23,24,25);1H. The SMILES string of the molecule is CCNC(=NCc1ccccc1OCC)NCCS(=O)(=O)N1CCc2ccccc21.I. The normalized spacial score (nSPS) is 13.4. The lowest BCUT2D eigenvalue weighted by molar-refractivity contribution is 0.336. The summed E-state index contributed by atoms with van der Waals surface area (Å²) >= 11 is 0. The van der Waals surface area contributed by atoms with E-state index in [4.69, 9.17) is 4.74 Å². The molecule has 0 spiro atoms. The van der Waals surface area contributed by atoms with Gasteiger partial charge in [0.25, 0.3) is 0 Å². The molecule has 1 heterocycles. The number of guanidine groups is 1. The van der Waals surface area contributed by atoms with Gasteiger partial charge in [-0.3, -0.25) is 4.31 Å². The van der Waals surface area contributed by atoms with Gasteiger partial charge in [-0.1, -0.05) is 36.4 Å². The molecule has 0 atom stereocenters. The van der Waals surface area contributed by atoms with E-state index in [0.717, 1.165) is 29.0 Å². The molecule has 0 saturated heterocycles. The molecule has 0 aliphatic carbocycles. The fourth-order valence-electron chi connectivity index (χ4n) is 3.44. The average molecular weight is 558 g/mol. The van der Waals surface area contributed by atoms with E-state index in [0.29, 0.717) is 32.2 Å². The number of benzene rings is 2. The van der Waals surface area contributed by atoms with Gasteiger partial charge < -0.3 is 15.4 Å². The van der Waals surface area contributed by atoms with E-state index in [-0.39, 0.29) is 36.3 Å². The molecular weight excluding hydrogens is 527 g/mol. The molecule has 7 nitrogen and oxygen atoms in total. The molecule has 170 valence electrons. The maximum atomic E-state index is 12.8. The summed E-state index contributed by atoms with van der Waals surface area (Å²) in [4.78, 5) is 4.59. The number of hydrogen-bond acceptors (Lipinski definition) is 4. The van der Waals surface area contributed by atoms with Crippen molar-refractivity contribution < 1.29 is 13.2 Å². The number of aliphatic imine (C=N–C) groups is 1. The zero-order valence-corrected chi connectivity index (χ0v) is 21.2. The summed E-state index contributed by atoms with van der Waals surface area (Å²) < 4.78 is 32.8. The Balaban J connectivity index is 0.00000341. The Labute approximate surface area is 202 Å². The number of sulfonamides is 1. The molecule has 0 bridgehead atoms. The highest BCUT2D eigenvalue weighted by Crippen LogP contribution is 2.29. The van der Waals surface area contributed by atoms with Gasteiger partial charge in [0.15, 0.2) is 5.96 Å². The molecule has 0 unspecified atom stereocenters. The summed E-state index contributed by atoms with van der Waals surface area (Å²) in [6, 6.07) is 15.5. The zero-order valence-electron chi connectivity index (χ0n) is 18.0. The molecule has 0 aromatic heterocycles. The van der Waals surface area contributed by atoms with Gasteiger partial charge in [0, 0.05) is 25.2 Å². The van der Waals surface area contributed by atoms with E-state index in [1.54, 1.807) is 0 Å². The van der Waals surface area contributed by atoms with Gasteiger partial charge in [0.05, 0.1) is 24.6 Å². The van der Waals surface area contributed by atoms with Crippen molar-refractivity contribution in [3.63, 3.8) is 0 Å². The molecule has 2 aromatic rings. The van der Waals surface area contributed by atoms with E-state index in [1.165, 1.54) is 4.31 Å². The van der Waals surface area contributed by atoms with Gasteiger partial charge in [-0.2, -0.15) is 0 Å². The number of hydrogen-bond donors (Lipinski definition) is 2. The van der Waals surface area contributed by atoms with Crippen LogP contribution in [0.4, 0.5) is 5.69 Å². The van der Waals surface area contributed by atoms with E-state index >= 15 is 0 Å². The third kappa shape index (κ3) is 6.73. The number of halogens is 1. The first-order valence-corrected chi connectivity index (χ1v) is 12.0. The van der Waals surface area contributed by atoms with Crippen LogP contribution in [0.15, 0.2) is 53.5 Å².